The molecule has 0 aromatic rings. The van der Waals surface area contributed by atoms with Crippen LogP contribution < -0.4 is 0 Å². The lowest BCUT2D eigenvalue weighted by Gasteiger charge is -2.18. The van der Waals surface area contributed by atoms with E-state index in [1.54, 1.807) is 0 Å². The number of hydrogen-bond acceptors (Lipinski definition) is 6. The Bertz CT molecular complexity index is 1110. The van der Waals surface area contributed by atoms with Crippen LogP contribution in [-0.2, 0) is 28.6 Å². The first kappa shape index (κ1) is 66.9. The van der Waals surface area contributed by atoms with Crippen molar-refractivity contribution in [3.05, 3.63) is 24.3 Å². The van der Waals surface area contributed by atoms with Gasteiger partial charge in [0, 0.05) is 19.3 Å². The van der Waals surface area contributed by atoms with Gasteiger partial charge in [-0.3, -0.25) is 14.4 Å². The highest BCUT2D eigenvalue weighted by Gasteiger charge is 2.19. The van der Waals surface area contributed by atoms with Gasteiger partial charge in [0.25, 0.3) is 0 Å². The van der Waals surface area contributed by atoms with Crippen LogP contribution in [0.3, 0.4) is 0 Å². The lowest BCUT2D eigenvalue weighted by Crippen LogP contribution is -2.30. The average molecular weight is 972 g/mol. The molecule has 0 aromatic heterocycles. The first-order chi connectivity index (χ1) is 34.0. The Hall–Kier alpha value is -2.11. The second-order valence-electron chi connectivity index (χ2n) is 21.0. The highest BCUT2D eigenvalue weighted by Crippen LogP contribution is 2.18. The first-order valence-corrected chi connectivity index (χ1v) is 30.8. The molecule has 0 aromatic carbocycles. The van der Waals surface area contributed by atoms with Crippen molar-refractivity contribution in [1.82, 2.24) is 0 Å². The summed E-state index contributed by atoms with van der Waals surface area (Å²) in [4.78, 5) is 38.2. The normalized spacial score (nSPS) is 12.1. The second kappa shape index (κ2) is 58.5. The smallest absolute Gasteiger partial charge is 0.306 e. The zero-order valence-corrected chi connectivity index (χ0v) is 46.6. The summed E-state index contributed by atoms with van der Waals surface area (Å²) in [6.45, 7) is 6.63. The number of carbonyl (C=O) groups is 3. The maximum Gasteiger partial charge on any atom is 0.306 e. The summed E-state index contributed by atoms with van der Waals surface area (Å²) in [6.07, 6.45) is 69.0. The molecule has 0 saturated heterocycles. The predicted molar refractivity (Wildman–Crippen MR) is 298 cm³/mol. The minimum Gasteiger partial charge on any atom is -0.462 e. The average Bonchev–Trinajstić information content (AvgIpc) is 3.35. The van der Waals surface area contributed by atoms with E-state index in [0.717, 1.165) is 83.5 Å². The quantitative estimate of drug-likeness (QED) is 0.0261. The van der Waals surface area contributed by atoms with E-state index in [0.29, 0.717) is 19.3 Å². The van der Waals surface area contributed by atoms with E-state index >= 15 is 0 Å². The van der Waals surface area contributed by atoms with Gasteiger partial charge in [-0.25, -0.2) is 0 Å². The molecular weight excluding hydrogens is 853 g/mol. The molecule has 1 unspecified atom stereocenters. The Morgan fingerprint density at radius 2 is 0.551 bits per heavy atom. The number of hydrogen-bond donors (Lipinski definition) is 0. The molecule has 406 valence electrons. The van der Waals surface area contributed by atoms with Crippen LogP contribution in [0.15, 0.2) is 24.3 Å². The van der Waals surface area contributed by atoms with Crippen LogP contribution in [-0.4, -0.2) is 37.2 Å². The molecular formula is C63H118O6. The molecule has 0 N–H and O–H groups in total. The zero-order valence-electron chi connectivity index (χ0n) is 46.6. The van der Waals surface area contributed by atoms with Crippen molar-refractivity contribution >= 4 is 17.9 Å². The van der Waals surface area contributed by atoms with E-state index in [2.05, 4.69) is 45.1 Å². The summed E-state index contributed by atoms with van der Waals surface area (Å²) >= 11 is 0. The molecule has 6 nitrogen and oxygen atoms in total. The molecule has 69 heavy (non-hydrogen) atoms. The van der Waals surface area contributed by atoms with Gasteiger partial charge >= 0.3 is 17.9 Å². The van der Waals surface area contributed by atoms with Gasteiger partial charge < -0.3 is 14.2 Å². The molecule has 6 heteroatoms. The van der Waals surface area contributed by atoms with E-state index in [1.807, 2.05) is 0 Å². The molecule has 0 rings (SSSR count). The van der Waals surface area contributed by atoms with Crippen molar-refractivity contribution in [3.8, 4) is 0 Å². The summed E-state index contributed by atoms with van der Waals surface area (Å²) in [5.74, 6) is -0.860. The van der Waals surface area contributed by atoms with Gasteiger partial charge in [-0.05, 0) is 44.9 Å². The third kappa shape index (κ3) is 56.7. The third-order valence-electron chi connectivity index (χ3n) is 13.9. The maximum atomic E-state index is 12.9. The fraction of sp³-hybridized carbons (Fsp3) is 0.889. The summed E-state index contributed by atoms with van der Waals surface area (Å²) in [6, 6.07) is 0. The van der Waals surface area contributed by atoms with Gasteiger partial charge in [0.05, 0.1) is 0 Å². The van der Waals surface area contributed by atoms with E-state index in [4.69, 9.17) is 14.2 Å². The Balaban J connectivity index is 4.25. The Morgan fingerprint density at radius 3 is 0.855 bits per heavy atom. The molecule has 0 fully saturated rings. The number of ether oxygens (including phenoxy) is 3. The molecule has 0 bridgehead atoms. The minimum absolute atomic E-state index is 0.0698. The SMILES string of the molecule is CCC/C=C\C/C=C\CCCCCCCC(=O)OCC(COC(=O)CCCCCCCCCCCCCCCCCCCCCCCC)OC(=O)CCCCCCCCCCCCCCCCCC. The highest BCUT2D eigenvalue weighted by atomic mass is 16.6. The Labute approximate surface area is 430 Å². The van der Waals surface area contributed by atoms with Crippen molar-refractivity contribution in [2.24, 2.45) is 0 Å². The summed E-state index contributed by atoms with van der Waals surface area (Å²) in [5.41, 5.74) is 0. The van der Waals surface area contributed by atoms with Crippen LogP contribution >= 0.6 is 0 Å². The van der Waals surface area contributed by atoms with Crippen LogP contribution in [0.4, 0.5) is 0 Å². The summed E-state index contributed by atoms with van der Waals surface area (Å²) < 4.78 is 16.9. The van der Waals surface area contributed by atoms with Crippen LogP contribution in [0.1, 0.15) is 342 Å². The molecule has 0 aliphatic rings. The van der Waals surface area contributed by atoms with Crippen molar-refractivity contribution in [3.63, 3.8) is 0 Å². The van der Waals surface area contributed by atoms with Gasteiger partial charge in [0.2, 0.25) is 0 Å². The van der Waals surface area contributed by atoms with Gasteiger partial charge in [0.1, 0.15) is 13.2 Å². The number of carbonyl (C=O) groups excluding carboxylic acids is 3. The van der Waals surface area contributed by atoms with Crippen molar-refractivity contribution in [2.45, 2.75) is 348 Å². The van der Waals surface area contributed by atoms with Crippen LogP contribution in [0.5, 0.6) is 0 Å². The Morgan fingerprint density at radius 1 is 0.290 bits per heavy atom. The molecule has 0 spiro atoms. The summed E-state index contributed by atoms with van der Waals surface area (Å²) in [5, 5.41) is 0. The monoisotopic (exact) mass is 971 g/mol. The fourth-order valence-corrected chi connectivity index (χ4v) is 9.31. The van der Waals surface area contributed by atoms with E-state index in [1.165, 1.54) is 218 Å². The highest BCUT2D eigenvalue weighted by molar-refractivity contribution is 5.71. The fourth-order valence-electron chi connectivity index (χ4n) is 9.31. The first-order valence-electron chi connectivity index (χ1n) is 30.8. The number of unbranched alkanes of at least 4 members (excludes halogenated alkanes) is 42. The second-order valence-corrected chi connectivity index (χ2v) is 21.0. The zero-order chi connectivity index (χ0) is 50.0. The maximum absolute atomic E-state index is 12.9. The molecule has 0 radical (unpaired) electrons. The topological polar surface area (TPSA) is 78.9 Å². The van der Waals surface area contributed by atoms with Gasteiger partial charge in [-0.15, -0.1) is 0 Å². The molecule has 0 saturated carbocycles. The van der Waals surface area contributed by atoms with E-state index < -0.39 is 6.10 Å². The molecule has 1 atom stereocenters. The van der Waals surface area contributed by atoms with E-state index in [9.17, 15) is 14.4 Å². The van der Waals surface area contributed by atoms with Gasteiger partial charge in [0.15, 0.2) is 6.10 Å². The lowest BCUT2D eigenvalue weighted by molar-refractivity contribution is -0.167. The molecule has 0 aliphatic carbocycles. The number of rotatable bonds is 57. The molecule has 0 aliphatic heterocycles. The van der Waals surface area contributed by atoms with Crippen LogP contribution in [0.25, 0.3) is 0 Å². The van der Waals surface area contributed by atoms with Crippen molar-refractivity contribution in [2.75, 3.05) is 13.2 Å². The van der Waals surface area contributed by atoms with Gasteiger partial charge in [-0.2, -0.15) is 0 Å². The van der Waals surface area contributed by atoms with Gasteiger partial charge in [-0.1, -0.05) is 302 Å². The van der Waals surface area contributed by atoms with Crippen molar-refractivity contribution < 1.29 is 28.6 Å². The number of esters is 3. The summed E-state index contributed by atoms with van der Waals surface area (Å²) in [7, 11) is 0. The number of allylic oxidation sites excluding steroid dienone is 4. The minimum atomic E-state index is -0.772. The molecule has 0 amide bonds. The third-order valence-corrected chi connectivity index (χ3v) is 13.9. The largest absolute Gasteiger partial charge is 0.462 e. The van der Waals surface area contributed by atoms with E-state index in [-0.39, 0.29) is 31.1 Å². The van der Waals surface area contributed by atoms with Crippen LogP contribution in [0.2, 0.25) is 0 Å². The Kier molecular flexibility index (Phi) is 56.7. The standard InChI is InChI=1S/C63H118O6/c1-4-7-10-13-16-19-22-25-27-29-30-31-32-33-34-36-38-41-44-47-50-53-56-62(65)68-59-60(58-67-61(64)55-52-49-46-43-40-37-24-21-18-15-12-9-6-3)69-63(66)57-54-51-48-45-42-39-35-28-26-23-20-17-14-11-8-5-2/h12,15,21,24,60H,4-11,13-14,16-20,22-23,25-59H2,1-3H3/b15-12-,24-21-. The van der Waals surface area contributed by atoms with Crippen molar-refractivity contribution in [1.29, 1.82) is 0 Å². The predicted octanol–water partition coefficient (Wildman–Crippen LogP) is 20.7. The molecule has 0 heterocycles. The lowest BCUT2D eigenvalue weighted by atomic mass is 10.0. The van der Waals surface area contributed by atoms with Crippen LogP contribution in [0, 0.1) is 0 Å².